The monoisotopic (exact) mass is 220 g/mol. The molecule has 0 aliphatic heterocycles. The first-order valence-electron chi connectivity index (χ1n) is 5.38. The molecule has 0 aliphatic carbocycles. The van der Waals surface area contributed by atoms with Crippen LogP contribution in [0.4, 0.5) is 0 Å². The van der Waals surface area contributed by atoms with Gasteiger partial charge in [0.2, 0.25) is 0 Å². The predicted molar refractivity (Wildman–Crippen MR) is 59.8 cm³/mol. The number of aliphatic hydroxyl groups is 1. The Morgan fingerprint density at radius 3 is 2.88 bits per heavy atom. The number of imidazole rings is 1. The summed E-state index contributed by atoms with van der Waals surface area (Å²) in [6.45, 7) is 2.77. The molecular weight excluding hydrogens is 204 g/mol. The van der Waals surface area contributed by atoms with E-state index in [2.05, 4.69) is 10.1 Å². The maximum Gasteiger partial charge on any atom is 0.111 e. The van der Waals surface area contributed by atoms with Gasteiger partial charge in [0.1, 0.15) is 11.9 Å². The van der Waals surface area contributed by atoms with Crippen LogP contribution < -0.4 is 0 Å². The Bertz CT molecular complexity index is 460. The minimum Gasteiger partial charge on any atom is -0.386 e. The van der Waals surface area contributed by atoms with Crippen LogP contribution in [0.25, 0.3) is 0 Å². The lowest BCUT2D eigenvalue weighted by molar-refractivity contribution is 0.163. The van der Waals surface area contributed by atoms with Gasteiger partial charge in [-0.2, -0.15) is 5.10 Å². The van der Waals surface area contributed by atoms with Crippen LogP contribution in [0.2, 0.25) is 0 Å². The molecule has 0 amide bonds. The van der Waals surface area contributed by atoms with Gasteiger partial charge >= 0.3 is 0 Å². The summed E-state index contributed by atoms with van der Waals surface area (Å²) in [4.78, 5) is 4.19. The summed E-state index contributed by atoms with van der Waals surface area (Å²) < 4.78 is 3.71. The molecule has 1 N–H and O–H groups in total. The van der Waals surface area contributed by atoms with Crippen molar-refractivity contribution in [3.63, 3.8) is 0 Å². The summed E-state index contributed by atoms with van der Waals surface area (Å²) in [5, 5.41) is 14.2. The standard InChI is InChI=1S/C11H16N4O/c1-3-15-9(4-5-13-15)10(16)8-11-12-6-7-14(11)2/h4-7,10,16H,3,8H2,1-2H3. The molecule has 16 heavy (non-hydrogen) atoms. The van der Waals surface area contributed by atoms with Crippen molar-refractivity contribution in [3.8, 4) is 0 Å². The first-order valence-corrected chi connectivity index (χ1v) is 5.38. The second-order valence-corrected chi connectivity index (χ2v) is 3.75. The molecule has 5 heteroatoms. The lowest BCUT2D eigenvalue weighted by atomic mass is 10.2. The predicted octanol–water partition coefficient (Wildman–Crippen LogP) is 0.913. The summed E-state index contributed by atoms with van der Waals surface area (Å²) in [6.07, 6.45) is 5.28. The number of hydrogen-bond acceptors (Lipinski definition) is 3. The molecule has 1 atom stereocenters. The molecular formula is C11H16N4O. The molecule has 1 unspecified atom stereocenters. The highest BCUT2D eigenvalue weighted by Gasteiger charge is 2.15. The third-order valence-electron chi connectivity index (χ3n) is 2.69. The van der Waals surface area contributed by atoms with E-state index in [1.807, 2.05) is 30.8 Å². The summed E-state index contributed by atoms with van der Waals surface area (Å²) >= 11 is 0. The quantitative estimate of drug-likeness (QED) is 0.833. The van der Waals surface area contributed by atoms with Crippen LogP contribution in [-0.2, 0) is 20.0 Å². The van der Waals surface area contributed by atoms with Gasteiger partial charge in [0.05, 0.1) is 5.69 Å². The first-order chi connectivity index (χ1) is 7.72. The van der Waals surface area contributed by atoms with E-state index in [-0.39, 0.29) is 0 Å². The molecule has 0 spiro atoms. The molecule has 0 bridgehead atoms. The second kappa shape index (κ2) is 4.49. The number of hydrogen-bond donors (Lipinski definition) is 1. The number of aromatic nitrogens is 4. The average Bonchev–Trinajstić information content (AvgIpc) is 2.87. The SMILES string of the molecule is CCn1nccc1C(O)Cc1nccn1C. The smallest absolute Gasteiger partial charge is 0.111 e. The van der Waals surface area contributed by atoms with Crippen molar-refractivity contribution in [1.82, 2.24) is 19.3 Å². The highest BCUT2D eigenvalue weighted by atomic mass is 16.3. The number of rotatable bonds is 4. The van der Waals surface area contributed by atoms with E-state index < -0.39 is 6.10 Å². The maximum absolute atomic E-state index is 10.1. The third-order valence-corrected chi connectivity index (χ3v) is 2.69. The Kier molecular flexibility index (Phi) is 3.05. The van der Waals surface area contributed by atoms with Crippen molar-refractivity contribution < 1.29 is 5.11 Å². The van der Waals surface area contributed by atoms with Crippen LogP contribution in [0.3, 0.4) is 0 Å². The van der Waals surface area contributed by atoms with Gasteiger partial charge in [0.15, 0.2) is 0 Å². The van der Waals surface area contributed by atoms with Gasteiger partial charge in [0.25, 0.3) is 0 Å². The minimum absolute atomic E-state index is 0.509. The molecule has 0 aliphatic rings. The molecule has 2 aromatic heterocycles. The van der Waals surface area contributed by atoms with Gasteiger partial charge in [-0.05, 0) is 13.0 Å². The Morgan fingerprint density at radius 1 is 1.44 bits per heavy atom. The zero-order chi connectivity index (χ0) is 11.5. The topological polar surface area (TPSA) is 55.9 Å². The van der Waals surface area contributed by atoms with Crippen molar-refractivity contribution in [2.75, 3.05) is 0 Å². The van der Waals surface area contributed by atoms with Crippen molar-refractivity contribution in [2.45, 2.75) is 26.0 Å². The molecule has 0 saturated carbocycles. The van der Waals surface area contributed by atoms with E-state index in [1.165, 1.54) is 0 Å². The lowest BCUT2D eigenvalue weighted by Gasteiger charge is -2.12. The summed E-state index contributed by atoms with van der Waals surface area (Å²) in [5.41, 5.74) is 0.838. The van der Waals surface area contributed by atoms with Crippen LogP contribution in [-0.4, -0.2) is 24.4 Å². The van der Waals surface area contributed by atoms with Gasteiger partial charge in [-0.1, -0.05) is 0 Å². The van der Waals surface area contributed by atoms with E-state index in [9.17, 15) is 5.11 Å². The van der Waals surface area contributed by atoms with Crippen molar-refractivity contribution in [2.24, 2.45) is 7.05 Å². The molecule has 0 saturated heterocycles. The fraction of sp³-hybridized carbons (Fsp3) is 0.455. The summed E-state index contributed by atoms with van der Waals surface area (Å²) in [5.74, 6) is 0.872. The first kappa shape index (κ1) is 10.9. The van der Waals surface area contributed by atoms with Crippen LogP contribution in [0, 0.1) is 0 Å². The Balaban J connectivity index is 2.14. The average molecular weight is 220 g/mol. The van der Waals surface area contributed by atoms with Crippen molar-refractivity contribution in [3.05, 3.63) is 36.2 Å². The van der Waals surface area contributed by atoms with E-state index in [4.69, 9.17) is 0 Å². The zero-order valence-electron chi connectivity index (χ0n) is 9.54. The molecule has 0 fully saturated rings. The van der Waals surface area contributed by atoms with E-state index >= 15 is 0 Å². The van der Waals surface area contributed by atoms with Crippen LogP contribution in [0.15, 0.2) is 24.7 Å². The Labute approximate surface area is 94.4 Å². The molecule has 0 radical (unpaired) electrons. The zero-order valence-corrected chi connectivity index (χ0v) is 9.54. The molecule has 2 aromatic rings. The van der Waals surface area contributed by atoms with Gasteiger partial charge in [-0.15, -0.1) is 0 Å². The van der Waals surface area contributed by atoms with Crippen LogP contribution in [0.1, 0.15) is 24.5 Å². The van der Waals surface area contributed by atoms with Crippen molar-refractivity contribution in [1.29, 1.82) is 0 Å². The normalized spacial score (nSPS) is 12.9. The maximum atomic E-state index is 10.1. The summed E-state index contributed by atoms with van der Waals surface area (Å²) in [6, 6.07) is 1.84. The highest BCUT2D eigenvalue weighted by molar-refractivity contribution is 5.07. The fourth-order valence-electron chi connectivity index (χ4n) is 1.76. The summed E-state index contributed by atoms with van der Waals surface area (Å²) in [7, 11) is 1.92. The molecule has 0 aromatic carbocycles. The fourth-order valence-corrected chi connectivity index (χ4v) is 1.76. The lowest BCUT2D eigenvalue weighted by Crippen LogP contribution is -2.12. The third kappa shape index (κ3) is 1.99. The van der Waals surface area contributed by atoms with Crippen LogP contribution >= 0.6 is 0 Å². The van der Waals surface area contributed by atoms with E-state index in [1.54, 1.807) is 17.1 Å². The number of nitrogens with zero attached hydrogens (tertiary/aromatic N) is 4. The Hall–Kier alpha value is -1.62. The number of aryl methyl sites for hydroxylation is 2. The van der Waals surface area contributed by atoms with E-state index in [0.717, 1.165) is 18.1 Å². The number of aliphatic hydroxyl groups excluding tert-OH is 1. The van der Waals surface area contributed by atoms with Crippen molar-refractivity contribution >= 4 is 0 Å². The minimum atomic E-state index is -0.552. The molecule has 5 nitrogen and oxygen atoms in total. The van der Waals surface area contributed by atoms with Gasteiger partial charge in [0, 0.05) is 38.6 Å². The molecule has 86 valence electrons. The van der Waals surface area contributed by atoms with E-state index in [0.29, 0.717) is 6.42 Å². The Morgan fingerprint density at radius 2 is 2.25 bits per heavy atom. The second-order valence-electron chi connectivity index (χ2n) is 3.75. The molecule has 2 rings (SSSR count). The largest absolute Gasteiger partial charge is 0.386 e. The molecule has 2 heterocycles. The van der Waals surface area contributed by atoms with Gasteiger partial charge in [-0.3, -0.25) is 4.68 Å². The van der Waals surface area contributed by atoms with Gasteiger partial charge in [-0.25, -0.2) is 4.98 Å². The highest BCUT2D eigenvalue weighted by Crippen LogP contribution is 2.16. The van der Waals surface area contributed by atoms with Gasteiger partial charge < -0.3 is 9.67 Å². The van der Waals surface area contributed by atoms with Crippen LogP contribution in [0.5, 0.6) is 0 Å².